The molecule has 0 unspecified atom stereocenters. The van der Waals surface area contributed by atoms with Crippen LogP contribution in [0.1, 0.15) is 46.4 Å². The summed E-state index contributed by atoms with van der Waals surface area (Å²) in [5, 5.41) is 15.1. The van der Waals surface area contributed by atoms with Crippen LogP contribution in [0.5, 0.6) is 0 Å². The molecule has 0 bridgehead atoms. The van der Waals surface area contributed by atoms with Gasteiger partial charge in [-0.1, -0.05) is 42.5 Å². The second kappa shape index (κ2) is 9.68. The first-order chi connectivity index (χ1) is 14.0. The van der Waals surface area contributed by atoms with Gasteiger partial charge in [-0.05, 0) is 49.1 Å². The summed E-state index contributed by atoms with van der Waals surface area (Å²) in [6.07, 6.45) is 3.48. The van der Waals surface area contributed by atoms with Crippen LogP contribution in [-0.4, -0.2) is 35.0 Å². The monoisotopic (exact) mass is 392 g/mol. The van der Waals surface area contributed by atoms with Crippen LogP contribution in [0, 0.1) is 0 Å². The van der Waals surface area contributed by atoms with Gasteiger partial charge in [0.25, 0.3) is 11.8 Å². The van der Waals surface area contributed by atoms with Gasteiger partial charge in [-0.15, -0.1) is 0 Å². The molecule has 2 atom stereocenters. The number of rotatable bonds is 7. The second-order valence-electron chi connectivity index (χ2n) is 7.05. The Kier molecular flexibility index (Phi) is 6.79. The minimum absolute atomic E-state index is 0.0249. The number of carboxylic acid groups (broad SMARTS) is 1. The molecule has 0 spiro atoms. The summed E-state index contributed by atoms with van der Waals surface area (Å²) in [6.45, 7) is 0. The van der Waals surface area contributed by atoms with E-state index in [-0.39, 0.29) is 30.3 Å². The Labute approximate surface area is 169 Å². The van der Waals surface area contributed by atoms with Gasteiger partial charge in [0.05, 0.1) is 6.04 Å². The van der Waals surface area contributed by atoms with Gasteiger partial charge in [-0.25, -0.2) is 0 Å². The smallest absolute Gasteiger partial charge is 0.303 e. The molecule has 29 heavy (non-hydrogen) atoms. The van der Waals surface area contributed by atoms with Crippen LogP contribution in [0.3, 0.4) is 0 Å². The number of carbonyl (C=O) groups is 3. The van der Waals surface area contributed by atoms with E-state index in [2.05, 4.69) is 10.6 Å². The van der Waals surface area contributed by atoms with E-state index in [1.807, 2.05) is 18.2 Å². The van der Waals surface area contributed by atoms with Gasteiger partial charge >= 0.3 is 5.97 Å². The largest absolute Gasteiger partial charge is 0.481 e. The minimum Gasteiger partial charge on any atom is -0.481 e. The highest BCUT2D eigenvalue weighted by Gasteiger charge is 2.26. The van der Waals surface area contributed by atoms with Crippen molar-refractivity contribution in [3.05, 3.63) is 83.4 Å². The molecule has 150 valence electrons. The molecule has 0 saturated heterocycles. The van der Waals surface area contributed by atoms with E-state index < -0.39 is 5.97 Å². The second-order valence-corrected chi connectivity index (χ2v) is 7.05. The fraction of sp³-hybridized carbons (Fsp3) is 0.261. The summed E-state index contributed by atoms with van der Waals surface area (Å²) in [5.74, 6) is -1.26. The maximum atomic E-state index is 12.5. The van der Waals surface area contributed by atoms with Crippen LogP contribution >= 0.6 is 0 Å². The van der Waals surface area contributed by atoms with Crippen molar-refractivity contribution >= 4 is 17.8 Å². The standard InChI is InChI=1S/C23H24N2O4/c26-21(27)14-11-18-15-19(24-22(28)16-7-3-1-4-8-16)12-13-20(18)25-23(29)17-9-5-2-6-10-17/h1-10,15,19-20H,11-14H2,(H,24,28)(H,25,29)(H,26,27)/t19-,20+/m0/s1. The molecule has 0 radical (unpaired) electrons. The zero-order valence-corrected chi connectivity index (χ0v) is 16.0. The maximum Gasteiger partial charge on any atom is 0.303 e. The molecular formula is C23H24N2O4. The molecule has 3 N–H and O–H groups in total. The molecule has 3 rings (SSSR count). The predicted molar refractivity (Wildman–Crippen MR) is 110 cm³/mol. The number of carboxylic acids is 1. The van der Waals surface area contributed by atoms with Crippen LogP contribution in [0.25, 0.3) is 0 Å². The lowest BCUT2D eigenvalue weighted by atomic mass is 9.88. The average Bonchev–Trinajstić information content (AvgIpc) is 2.74. The summed E-state index contributed by atoms with van der Waals surface area (Å²) in [7, 11) is 0. The molecule has 0 aliphatic heterocycles. The van der Waals surface area contributed by atoms with Gasteiger partial charge in [-0.2, -0.15) is 0 Å². The third-order valence-electron chi connectivity index (χ3n) is 4.95. The average molecular weight is 392 g/mol. The number of benzene rings is 2. The van der Waals surface area contributed by atoms with E-state index in [9.17, 15) is 14.4 Å². The highest BCUT2D eigenvalue weighted by atomic mass is 16.4. The summed E-state index contributed by atoms with van der Waals surface area (Å²) < 4.78 is 0. The van der Waals surface area contributed by atoms with Crippen molar-refractivity contribution in [2.75, 3.05) is 0 Å². The molecule has 6 heteroatoms. The molecular weight excluding hydrogens is 368 g/mol. The van der Waals surface area contributed by atoms with Crippen molar-refractivity contribution in [1.29, 1.82) is 0 Å². The third kappa shape index (κ3) is 5.78. The Balaban J connectivity index is 1.71. The van der Waals surface area contributed by atoms with Gasteiger partial charge in [0.15, 0.2) is 0 Å². The summed E-state index contributed by atoms with van der Waals surface area (Å²) >= 11 is 0. The number of carbonyl (C=O) groups excluding carboxylic acids is 2. The fourth-order valence-electron chi connectivity index (χ4n) is 3.45. The van der Waals surface area contributed by atoms with Gasteiger partial charge in [0, 0.05) is 23.6 Å². The van der Waals surface area contributed by atoms with Gasteiger partial charge < -0.3 is 15.7 Å². The lowest BCUT2D eigenvalue weighted by Crippen LogP contribution is -2.43. The fourth-order valence-corrected chi connectivity index (χ4v) is 3.45. The van der Waals surface area contributed by atoms with Crippen molar-refractivity contribution in [3.63, 3.8) is 0 Å². The molecule has 0 heterocycles. The number of amides is 2. The Morgan fingerprint density at radius 3 is 1.93 bits per heavy atom. The van der Waals surface area contributed by atoms with Crippen molar-refractivity contribution < 1.29 is 19.5 Å². The van der Waals surface area contributed by atoms with Crippen LogP contribution in [0.4, 0.5) is 0 Å². The van der Waals surface area contributed by atoms with Crippen molar-refractivity contribution in [2.45, 2.75) is 37.8 Å². The number of hydrogen-bond acceptors (Lipinski definition) is 3. The molecule has 6 nitrogen and oxygen atoms in total. The Bertz CT molecular complexity index is 894. The molecule has 0 aromatic heterocycles. The van der Waals surface area contributed by atoms with Crippen molar-refractivity contribution in [1.82, 2.24) is 10.6 Å². The molecule has 2 aromatic rings. The maximum absolute atomic E-state index is 12.5. The Morgan fingerprint density at radius 2 is 1.38 bits per heavy atom. The SMILES string of the molecule is O=C(O)CCC1=C[C@@H](NC(=O)c2ccccc2)CC[C@H]1NC(=O)c1ccccc1. The number of nitrogens with one attached hydrogen (secondary N) is 2. The Morgan fingerprint density at radius 1 is 0.828 bits per heavy atom. The zero-order chi connectivity index (χ0) is 20.6. The van der Waals surface area contributed by atoms with Crippen LogP contribution in [0.2, 0.25) is 0 Å². The van der Waals surface area contributed by atoms with E-state index in [1.165, 1.54) is 0 Å². The third-order valence-corrected chi connectivity index (χ3v) is 4.95. The van der Waals surface area contributed by atoms with E-state index in [0.29, 0.717) is 30.4 Å². The minimum atomic E-state index is -0.894. The normalized spacial score (nSPS) is 18.4. The molecule has 2 amide bonds. The van der Waals surface area contributed by atoms with E-state index in [1.54, 1.807) is 48.5 Å². The van der Waals surface area contributed by atoms with Crippen molar-refractivity contribution in [2.24, 2.45) is 0 Å². The van der Waals surface area contributed by atoms with E-state index >= 15 is 0 Å². The molecule has 1 aliphatic rings. The molecule has 2 aromatic carbocycles. The number of aliphatic carboxylic acids is 1. The lowest BCUT2D eigenvalue weighted by molar-refractivity contribution is -0.136. The number of hydrogen-bond donors (Lipinski definition) is 3. The summed E-state index contributed by atoms with van der Waals surface area (Å²) in [6, 6.07) is 17.4. The topological polar surface area (TPSA) is 95.5 Å². The summed E-state index contributed by atoms with van der Waals surface area (Å²) in [5.41, 5.74) is 1.97. The first kappa shape index (κ1) is 20.3. The zero-order valence-electron chi connectivity index (χ0n) is 16.0. The Hall–Kier alpha value is -3.41. The molecule has 1 aliphatic carbocycles. The molecule has 0 fully saturated rings. The highest BCUT2D eigenvalue weighted by Crippen LogP contribution is 2.24. The first-order valence-corrected chi connectivity index (χ1v) is 9.67. The quantitative estimate of drug-likeness (QED) is 0.631. The van der Waals surface area contributed by atoms with Crippen LogP contribution in [0.15, 0.2) is 72.3 Å². The van der Waals surface area contributed by atoms with E-state index in [4.69, 9.17) is 5.11 Å². The molecule has 0 saturated carbocycles. The van der Waals surface area contributed by atoms with Gasteiger partial charge in [0.1, 0.15) is 0 Å². The summed E-state index contributed by atoms with van der Waals surface area (Å²) in [4.78, 5) is 36.0. The van der Waals surface area contributed by atoms with Crippen LogP contribution < -0.4 is 10.6 Å². The lowest BCUT2D eigenvalue weighted by Gasteiger charge is -2.30. The first-order valence-electron chi connectivity index (χ1n) is 9.67. The van der Waals surface area contributed by atoms with Gasteiger partial charge in [-0.3, -0.25) is 14.4 Å². The predicted octanol–water partition coefficient (Wildman–Crippen LogP) is 3.17. The van der Waals surface area contributed by atoms with Crippen molar-refractivity contribution in [3.8, 4) is 0 Å². The van der Waals surface area contributed by atoms with E-state index in [0.717, 1.165) is 5.57 Å². The van der Waals surface area contributed by atoms with Gasteiger partial charge in [0.2, 0.25) is 0 Å². The van der Waals surface area contributed by atoms with Crippen LogP contribution in [-0.2, 0) is 4.79 Å². The highest BCUT2D eigenvalue weighted by molar-refractivity contribution is 5.95.